The zero-order valence-corrected chi connectivity index (χ0v) is 8.50. The molecule has 0 unspecified atom stereocenters. The highest BCUT2D eigenvalue weighted by Gasteiger charge is 2.01. The van der Waals surface area contributed by atoms with E-state index in [1.165, 1.54) is 0 Å². The van der Waals surface area contributed by atoms with Crippen LogP contribution in [0.4, 0.5) is 0 Å². The third kappa shape index (κ3) is 2.79. The number of benzene rings is 1. The molecule has 1 aromatic rings. The van der Waals surface area contributed by atoms with Crippen molar-refractivity contribution in [1.29, 1.82) is 0 Å². The molecule has 1 aromatic carbocycles. The second-order valence-electron chi connectivity index (χ2n) is 2.98. The van der Waals surface area contributed by atoms with Crippen LogP contribution >= 0.6 is 0 Å². The first-order valence-corrected chi connectivity index (χ1v) is 4.50. The van der Waals surface area contributed by atoms with E-state index in [9.17, 15) is 0 Å². The van der Waals surface area contributed by atoms with Gasteiger partial charge in [-0.15, -0.1) is 5.92 Å². The summed E-state index contributed by atoms with van der Waals surface area (Å²) in [7, 11) is 0. The van der Waals surface area contributed by atoms with Crippen molar-refractivity contribution in [2.45, 2.75) is 20.5 Å². The SMILES string of the molecule is CC#CCOc1ccc(C)cc1CO. The van der Waals surface area contributed by atoms with Gasteiger partial charge in [-0.3, -0.25) is 0 Å². The Morgan fingerprint density at radius 2 is 2.21 bits per heavy atom. The minimum absolute atomic E-state index is 0.00341. The molecule has 74 valence electrons. The molecule has 0 aliphatic carbocycles. The molecule has 0 saturated carbocycles. The number of ether oxygens (including phenoxy) is 1. The zero-order chi connectivity index (χ0) is 10.4. The van der Waals surface area contributed by atoms with Gasteiger partial charge in [0.05, 0.1) is 6.61 Å². The van der Waals surface area contributed by atoms with E-state index in [1.807, 2.05) is 25.1 Å². The highest BCUT2D eigenvalue weighted by atomic mass is 16.5. The van der Waals surface area contributed by atoms with Crippen LogP contribution in [0.2, 0.25) is 0 Å². The number of aliphatic hydroxyl groups excluding tert-OH is 1. The Balaban J connectivity index is 2.78. The molecule has 2 nitrogen and oxygen atoms in total. The summed E-state index contributed by atoms with van der Waals surface area (Å²) in [4.78, 5) is 0. The normalized spacial score (nSPS) is 9.07. The average Bonchev–Trinajstić information content (AvgIpc) is 2.20. The fourth-order valence-electron chi connectivity index (χ4n) is 1.16. The largest absolute Gasteiger partial charge is 0.481 e. The summed E-state index contributed by atoms with van der Waals surface area (Å²) in [6, 6.07) is 5.72. The Labute approximate surface area is 84.5 Å². The van der Waals surface area contributed by atoms with Crippen LogP contribution in [0.1, 0.15) is 18.1 Å². The maximum atomic E-state index is 9.08. The summed E-state index contributed by atoms with van der Waals surface area (Å²) >= 11 is 0. The van der Waals surface area contributed by atoms with Crippen LogP contribution in [0.3, 0.4) is 0 Å². The van der Waals surface area contributed by atoms with Crippen LogP contribution in [0.25, 0.3) is 0 Å². The number of rotatable bonds is 3. The molecule has 0 heterocycles. The molecule has 0 spiro atoms. The van der Waals surface area contributed by atoms with Crippen molar-refractivity contribution in [1.82, 2.24) is 0 Å². The Kier molecular flexibility index (Phi) is 4.03. The summed E-state index contributed by atoms with van der Waals surface area (Å²) in [5.41, 5.74) is 1.92. The summed E-state index contributed by atoms with van der Waals surface area (Å²) < 4.78 is 5.39. The molecule has 0 aliphatic rings. The fraction of sp³-hybridized carbons (Fsp3) is 0.333. The predicted molar refractivity (Wildman–Crippen MR) is 56.0 cm³/mol. The van der Waals surface area contributed by atoms with Crippen molar-refractivity contribution in [3.8, 4) is 17.6 Å². The molecule has 0 aromatic heterocycles. The van der Waals surface area contributed by atoms with Crippen LogP contribution in [-0.4, -0.2) is 11.7 Å². The van der Waals surface area contributed by atoms with Crippen LogP contribution in [-0.2, 0) is 6.61 Å². The van der Waals surface area contributed by atoms with E-state index in [0.717, 1.165) is 11.1 Å². The molecule has 2 heteroatoms. The van der Waals surface area contributed by atoms with Gasteiger partial charge in [-0.25, -0.2) is 0 Å². The lowest BCUT2D eigenvalue weighted by Crippen LogP contribution is -1.98. The van der Waals surface area contributed by atoms with E-state index in [2.05, 4.69) is 11.8 Å². The van der Waals surface area contributed by atoms with Gasteiger partial charge in [-0.1, -0.05) is 23.6 Å². The molecule has 0 saturated heterocycles. The molecule has 14 heavy (non-hydrogen) atoms. The average molecular weight is 190 g/mol. The van der Waals surface area contributed by atoms with Crippen molar-refractivity contribution >= 4 is 0 Å². The molecule has 0 radical (unpaired) electrons. The Morgan fingerprint density at radius 3 is 2.86 bits per heavy atom. The third-order valence-corrected chi connectivity index (χ3v) is 1.86. The maximum Gasteiger partial charge on any atom is 0.149 e. The van der Waals surface area contributed by atoms with Gasteiger partial charge >= 0.3 is 0 Å². The van der Waals surface area contributed by atoms with Gasteiger partial charge in [0.25, 0.3) is 0 Å². The van der Waals surface area contributed by atoms with E-state index < -0.39 is 0 Å². The van der Waals surface area contributed by atoms with Crippen molar-refractivity contribution < 1.29 is 9.84 Å². The van der Waals surface area contributed by atoms with Crippen molar-refractivity contribution in [2.75, 3.05) is 6.61 Å². The molecular formula is C12H14O2. The number of hydrogen-bond acceptors (Lipinski definition) is 2. The van der Waals surface area contributed by atoms with Crippen molar-refractivity contribution in [3.63, 3.8) is 0 Å². The first-order chi connectivity index (χ1) is 6.77. The van der Waals surface area contributed by atoms with Gasteiger partial charge < -0.3 is 9.84 Å². The molecule has 0 aliphatic heterocycles. The second kappa shape index (κ2) is 5.31. The fourth-order valence-corrected chi connectivity index (χ4v) is 1.16. The van der Waals surface area contributed by atoms with Gasteiger partial charge in [0, 0.05) is 5.56 Å². The Bertz CT molecular complexity index is 358. The smallest absolute Gasteiger partial charge is 0.149 e. The Hall–Kier alpha value is -1.46. The monoisotopic (exact) mass is 190 g/mol. The number of aryl methyl sites for hydroxylation is 1. The van der Waals surface area contributed by atoms with Gasteiger partial charge in [0.2, 0.25) is 0 Å². The molecule has 0 amide bonds. The summed E-state index contributed by atoms with van der Waals surface area (Å²) in [6.07, 6.45) is 0. The van der Waals surface area contributed by atoms with E-state index in [-0.39, 0.29) is 6.61 Å². The first kappa shape index (κ1) is 10.6. The van der Waals surface area contributed by atoms with Crippen molar-refractivity contribution in [2.24, 2.45) is 0 Å². The zero-order valence-electron chi connectivity index (χ0n) is 8.50. The Morgan fingerprint density at radius 1 is 1.43 bits per heavy atom. The lowest BCUT2D eigenvalue weighted by Gasteiger charge is -2.07. The van der Waals surface area contributed by atoms with Crippen molar-refractivity contribution in [3.05, 3.63) is 29.3 Å². The molecular weight excluding hydrogens is 176 g/mol. The van der Waals surface area contributed by atoms with E-state index in [0.29, 0.717) is 12.4 Å². The summed E-state index contributed by atoms with van der Waals surface area (Å²) in [5.74, 6) is 6.27. The molecule has 0 bridgehead atoms. The van der Waals surface area contributed by atoms with Gasteiger partial charge in [-0.2, -0.15) is 0 Å². The van der Waals surface area contributed by atoms with Gasteiger partial charge in [0.1, 0.15) is 12.4 Å². The van der Waals surface area contributed by atoms with E-state index in [4.69, 9.17) is 9.84 Å². The number of hydrogen-bond donors (Lipinski definition) is 1. The topological polar surface area (TPSA) is 29.5 Å². The first-order valence-electron chi connectivity index (χ1n) is 4.50. The summed E-state index contributed by atoms with van der Waals surface area (Å²) in [6.45, 7) is 4.11. The van der Waals surface area contributed by atoms with Crippen LogP contribution in [0.15, 0.2) is 18.2 Å². The summed E-state index contributed by atoms with van der Waals surface area (Å²) in [5, 5.41) is 9.08. The lowest BCUT2D eigenvalue weighted by atomic mass is 10.1. The predicted octanol–water partition coefficient (Wildman–Crippen LogP) is 1.89. The quantitative estimate of drug-likeness (QED) is 0.737. The maximum absolute atomic E-state index is 9.08. The van der Waals surface area contributed by atoms with Gasteiger partial charge in [0.15, 0.2) is 0 Å². The third-order valence-electron chi connectivity index (χ3n) is 1.86. The molecule has 1 N–H and O–H groups in total. The van der Waals surface area contributed by atoms with Crippen LogP contribution in [0, 0.1) is 18.8 Å². The van der Waals surface area contributed by atoms with Crippen LogP contribution < -0.4 is 4.74 Å². The number of aliphatic hydroxyl groups is 1. The standard InChI is InChI=1S/C12H14O2/c1-3-4-7-14-12-6-5-10(2)8-11(12)9-13/h5-6,8,13H,7,9H2,1-2H3. The molecule has 0 atom stereocenters. The van der Waals surface area contributed by atoms with Gasteiger partial charge in [-0.05, 0) is 19.9 Å². The highest BCUT2D eigenvalue weighted by Crippen LogP contribution is 2.19. The minimum Gasteiger partial charge on any atom is -0.481 e. The molecule has 1 rings (SSSR count). The van der Waals surface area contributed by atoms with E-state index in [1.54, 1.807) is 6.92 Å². The van der Waals surface area contributed by atoms with E-state index >= 15 is 0 Å². The minimum atomic E-state index is -0.00341. The highest BCUT2D eigenvalue weighted by molar-refractivity contribution is 5.36. The second-order valence-corrected chi connectivity index (χ2v) is 2.98. The molecule has 0 fully saturated rings. The van der Waals surface area contributed by atoms with Crippen LogP contribution in [0.5, 0.6) is 5.75 Å². The lowest BCUT2D eigenvalue weighted by molar-refractivity contribution is 0.270.